The van der Waals surface area contributed by atoms with Gasteiger partial charge < -0.3 is 0 Å². The van der Waals surface area contributed by atoms with E-state index in [1.54, 1.807) is 6.92 Å². The lowest BCUT2D eigenvalue weighted by atomic mass is 10.1. The van der Waals surface area contributed by atoms with Gasteiger partial charge in [-0.25, -0.2) is 8.78 Å². The summed E-state index contributed by atoms with van der Waals surface area (Å²) in [6, 6.07) is 2.64. The number of hydrogen-bond donors (Lipinski definition) is 0. The predicted molar refractivity (Wildman–Crippen MR) is 59.1 cm³/mol. The van der Waals surface area contributed by atoms with E-state index in [1.807, 2.05) is 0 Å². The molecule has 0 aliphatic heterocycles. The van der Waals surface area contributed by atoms with Crippen molar-refractivity contribution >= 4 is 5.69 Å². The number of nitrogens with zero attached hydrogens (tertiary/aromatic N) is 3. The summed E-state index contributed by atoms with van der Waals surface area (Å²) in [6.45, 7) is 1.62. The lowest BCUT2D eigenvalue weighted by Gasteiger charge is -2.12. The molecular weight excluding hydrogens is 244 g/mol. The fraction of sp³-hybridized carbons (Fsp3) is 0.182. The molecular formula is C11H9F2N3O2. The standard InChI is InChI=1S/C11H9F2N3O2/c1-7(10-3-2-8(12)4-11(10)13)15-6-9(5-14-15)16(17)18/h2-7H,1H3. The molecule has 0 fully saturated rings. The minimum absolute atomic E-state index is 0.177. The number of nitro groups is 1. The van der Waals surface area contributed by atoms with E-state index >= 15 is 0 Å². The molecule has 0 radical (unpaired) electrons. The highest BCUT2D eigenvalue weighted by Gasteiger charge is 2.17. The molecule has 2 aromatic rings. The Morgan fingerprint density at radius 2 is 2.17 bits per heavy atom. The minimum Gasteiger partial charge on any atom is -0.258 e. The quantitative estimate of drug-likeness (QED) is 0.624. The third-order valence-electron chi connectivity index (χ3n) is 2.61. The summed E-state index contributed by atoms with van der Waals surface area (Å²) in [4.78, 5) is 9.93. The van der Waals surface area contributed by atoms with Crippen molar-refractivity contribution in [3.63, 3.8) is 0 Å². The first-order valence-electron chi connectivity index (χ1n) is 5.12. The van der Waals surface area contributed by atoms with Crippen molar-refractivity contribution in [3.8, 4) is 0 Å². The summed E-state index contributed by atoms with van der Waals surface area (Å²) < 4.78 is 27.6. The van der Waals surface area contributed by atoms with E-state index < -0.39 is 22.6 Å². The van der Waals surface area contributed by atoms with Crippen LogP contribution >= 0.6 is 0 Å². The first-order chi connectivity index (χ1) is 8.49. The fourth-order valence-corrected chi connectivity index (χ4v) is 1.62. The first kappa shape index (κ1) is 12.2. The Labute approximate surface area is 101 Å². The summed E-state index contributed by atoms with van der Waals surface area (Å²) in [5.74, 6) is -1.38. The molecule has 0 aliphatic carbocycles. The SMILES string of the molecule is CC(c1ccc(F)cc1F)n1cc([N+](=O)[O-])cn1. The van der Waals surface area contributed by atoms with E-state index in [0.29, 0.717) is 0 Å². The molecule has 0 bridgehead atoms. The van der Waals surface area contributed by atoms with Gasteiger partial charge in [0.1, 0.15) is 24.0 Å². The van der Waals surface area contributed by atoms with Gasteiger partial charge in [-0.2, -0.15) is 5.10 Å². The maximum atomic E-state index is 13.5. The molecule has 0 amide bonds. The predicted octanol–water partition coefficient (Wildman–Crippen LogP) is 2.68. The fourth-order valence-electron chi connectivity index (χ4n) is 1.62. The molecule has 2 rings (SSSR count). The summed E-state index contributed by atoms with van der Waals surface area (Å²) in [7, 11) is 0. The Balaban J connectivity index is 2.35. The molecule has 0 saturated heterocycles. The maximum absolute atomic E-state index is 13.5. The van der Waals surface area contributed by atoms with Crippen molar-refractivity contribution in [2.45, 2.75) is 13.0 Å². The van der Waals surface area contributed by atoms with Gasteiger partial charge in [0, 0.05) is 11.6 Å². The van der Waals surface area contributed by atoms with Crippen LogP contribution in [0, 0.1) is 21.7 Å². The van der Waals surface area contributed by atoms with Crippen molar-refractivity contribution < 1.29 is 13.7 Å². The Morgan fingerprint density at radius 1 is 1.44 bits per heavy atom. The van der Waals surface area contributed by atoms with E-state index in [2.05, 4.69) is 5.10 Å². The number of hydrogen-bond acceptors (Lipinski definition) is 3. The second-order valence-corrected chi connectivity index (χ2v) is 3.78. The van der Waals surface area contributed by atoms with Gasteiger partial charge in [-0.05, 0) is 13.0 Å². The second-order valence-electron chi connectivity index (χ2n) is 3.78. The number of halogens is 2. The first-order valence-corrected chi connectivity index (χ1v) is 5.12. The molecule has 0 N–H and O–H groups in total. The maximum Gasteiger partial charge on any atom is 0.307 e. The van der Waals surface area contributed by atoms with Gasteiger partial charge in [0.05, 0.1) is 11.0 Å². The van der Waals surface area contributed by atoms with Gasteiger partial charge in [0.25, 0.3) is 0 Å². The lowest BCUT2D eigenvalue weighted by molar-refractivity contribution is -0.385. The number of aromatic nitrogens is 2. The van der Waals surface area contributed by atoms with Crippen LogP contribution in [0.15, 0.2) is 30.6 Å². The van der Waals surface area contributed by atoms with Crippen molar-refractivity contribution in [1.82, 2.24) is 9.78 Å². The third-order valence-corrected chi connectivity index (χ3v) is 2.61. The summed E-state index contributed by atoms with van der Waals surface area (Å²) in [6.07, 6.45) is 2.28. The van der Waals surface area contributed by atoms with Crippen LogP contribution in [0.25, 0.3) is 0 Å². The zero-order valence-electron chi connectivity index (χ0n) is 9.38. The van der Waals surface area contributed by atoms with Crippen LogP contribution in [-0.2, 0) is 0 Å². The Kier molecular flexibility index (Phi) is 3.05. The van der Waals surface area contributed by atoms with Gasteiger partial charge >= 0.3 is 5.69 Å². The smallest absolute Gasteiger partial charge is 0.258 e. The molecule has 1 atom stereocenters. The van der Waals surface area contributed by atoms with Crippen LogP contribution in [0.1, 0.15) is 18.5 Å². The average Bonchev–Trinajstić information content (AvgIpc) is 2.77. The monoisotopic (exact) mass is 253 g/mol. The molecule has 7 heteroatoms. The molecule has 5 nitrogen and oxygen atoms in total. The number of rotatable bonds is 3. The number of benzene rings is 1. The average molecular weight is 253 g/mol. The van der Waals surface area contributed by atoms with Crippen LogP contribution in [0.3, 0.4) is 0 Å². The Morgan fingerprint density at radius 3 is 2.72 bits per heavy atom. The van der Waals surface area contributed by atoms with Crippen LogP contribution in [0.2, 0.25) is 0 Å². The van der Waals surface area contributed by atoms with Crippen LogP contribution in [0.4, 0.5) is 14.5 Å². The molecule has 18 heavy (non-hydrogen) atoms. The molecule has 94 valence electrons. The summed E-state index contributed by atoms with van der Waals surface area (Å²) in [5, 5.41) is 14.3. The van der Waals surface area contributed by atoms with Gasteiger partial charge in [-0.3, -0.25) is 14.8 Å². The van der Waals surface area contributed by atoms with Crippen molar-refractivity contribution in [2.75, 3.05) is 0 Å². The van der Waals surface area contributed by atoms with Crippen LogP contribution in [0.5, 0.6) is 0 Å². The highest BCUT2D eigenvalue weighted by molar-refractivity contribution is 5.25. The zero-order valence-corrected chi connectivity index (χ0v) is 9.38. The highest BCUT2D eigenvalue weighted by atomic mass is 19.1. The topological polar surface area (TPSA) is 61.0 Å². The lowest BCUT2D eigenvalue weighted by Crippen LogP contribution is -2.09. The second kappa shape index (κ2) is 4.52. The normalized spacial score (nSPS) is 12.4. The summed E-state index contributed by atoms with van der Waals surface area (Å²) >= 11 is 0. The third kappa shape index (κ3) is 2.20. The highest BCUT2D eigenvalue weighted by Crippen LogP contribution is 2.22. The van der Waals surface area contributed by atoms with Crippen LogP contribution in [-0.4, -0.2) is 14.7 Å². The van der Waals surface area contributed by atoms with Crippen molar-refractivity contribution in [1.29, 1.82) is 0 Å². The van der Waals surface area contributed by atoms with Crippen molar-refractivity contribution in [3.05, 3.63) is 57.9 Å². The molecule has 1 aromatic heterocycles. The molecule has 1 aromatic carbocycles. The Hall–Kier alpha value is -2.31. The van der Waals surface area contributed by atoms with Gasteiger partial charge in [-0.1, -0.05) is 6.07 Å². The van der Waals surface area contributed by atoms with E-state index in [4.69, 9.17) is 0 Å². The van der Waals surface area contributed by atoms with Crippen LogP contribution < -0.4 is 0 Å². The van der Waals surface area contributed by atoms with E-state index in [-0.39, 0.29) is 11.3 Å². The molecule has 0 aliphatic rings. The van der Waals surface area contributed by atoms with Gasteiger partial charge in [-0.15, -0.1) is 0 Å². The molecule has 1 unspecified atom stereocenters. The van der Waals surface area contributed by atoms with Crippen molar-refractivity contribution in [2.24, 2.45) is 0 Å². The Bertz CT molecular complexity index is 598. The van der Waals surface area contributed by atoms with Gasteiger partial charge in [0.15, 0.2) is 0 Å². The minimum atomic E-state index is -0.708. The van der Waals surface area contributed by atoms with Gasteiger partial charge in [0.2, 0.25) is 0 Å². The molecule has 0 saturated carbocycles. The van der Waals surface area contributed by atoms with E-state index in [9.17, 15) is 18.9 Å². The largest absolute Gasteiger partial charge is 0.307 e. The molecule has 1 heterocycles. The van der Waals surface area contributed by atoms with E-state index in [0.717, 1.165) is 18.3 Å². The molecule has 0 spiro atoms. The van der Waals surface area contributed by atoms with E-state index in [1.165, 1.54) is 16.9 Å². The zero-order chi connectivity index (χ0) is 13.3. The summed E-state index contributed by atoms with van der Waals surface area (Å²) in [5.41, 5.74) is 0.0405.